The Morgan fingerprint density at radius 1 is 1.48 bits per heavy atom. The van der Waals surface area contributed by atoms with Crippen LogP contribution in [0.25, 0.3) is 0 Å². The van der Waals surface area contributed by atoms with Gasteiger partial charge in [-0.3, -0.25) is 9.69 Å². The Kier molecular flexibility index (Phi) is 6.67. The molecule has 1 fully saturated rings. The summed E-state index contributed by atoms with van der Waals surface area (Å²) in [5.74, 6) is 0.656. The highest BCUT2D eigenvalue weighted by Gasteiger charge is 2.23. The maximum Gasteiger partial charge on any atom is 0.234 e. The highest BCUT2D eigenvalue weighted by molar-refractivity contribution is 7.07. The fraction of sp³-hybridized carbons (Fsp3) is 0.688. The Balaban J connectivity index is 1.82. The first-order valence-corrected chi connectivity index (χ1v) is 8.77. The number of nitrogens with zero attached hydrogens (tertiary/aromatic N) is 1. The Morgan fingerprint density at radius 2 is 2.29 bits per heavy atom. The van der Waals surface area contributed by atoms with Crippen molar-refractivity contribution in [3.63, 3.8) is 0 Å². The summed E-state index contributed by atoms with van der Waals surface area (Å²) in [6, 6.07) is 2.39. The van der Waals surface area contributed by atoms with Crippen LogP contribution in [0.2, 0.25) is 0 Å². The van der Waals surface area contributed by atoms with Crippen molar-refractivity contribution >= 4 is 17.2 Å². The van der Waals surface area contributed by atoms with E-state index in [9.17, 15) is 9.90 Å². The minimum atomic E-state index is 0.0806. The fourth-order valence-corrected chi connectivity index (χ4v) is 3.64. The molecule has 0 aromatic carbocycles. The van der Waals surface area contributed by atoms with Gasteiger partial charge in [-0.25, -0.2) is 0 Å². The van der Waals surface area contributed by atoms with E-state index in [0.717, 1.165) is 13.0 Å². The van der Waals surface area contributed by atoms with E-state index in [-0.39, 0.29) is 12.5 Å². The zero-order chi connectivity index (χ0) is 15.1. The lowest BCUT2D eigenvalue weighted by Crippen LogP contribution is -2.46. The molecule has 1 amide bonds. The minimum absolute atomic E-state index is 0.0806. The van der Waals surface area contributed by atoms with Crippen molar-refractivity contribution < 1.29 is 9.90 Å². The Labute approximate surface area is 131 Å². The number of amides is 1. The average molecular weight is 310 g/mol. The second kappa shape index (κ2) is 8.51. The van der Waals surface area contributed by atoms with Gasteiger partial charge < -0.3 is 10.4 Å². The largest absolute Gasteiger partial charge is 0.395 e. The van der Waals surface area contributed by atoms with Gasteiger partial charge in [-0.1, -0.05) is 19.8 Å². The summed E-state index contributed by atoms with van der Waals surface area (Å²) in [5.41, 5.74) is 1.20. The van der Waals surface area contributed by atoms with Crippen LogP contribution < -0.4 is 5.32 Å². The highest BCUT2D eigenvalue weighted by Crippen LogP contribution is 2.23. The molecule has 1 saturated carbocycles. The van der Waals surface area contributed by atoms with Gasteiger partial charge in [-0.2, -0.15) is 11.3 Å². The molecule has 1 aromatic heterocycles. The molecule has 0 saturated heterocycles. The molecular weight excluding hydrogens is 284 g/mol. The van der Waals surface area contributed by atoms with Gasteiger partial charge >= 0.3 is 0 Å². The van der Waals surface area contributed by atoms with E-state index in [1.54, 1.807) is 11.3 Å². The molecule has 1 heterocycles. The first kappa shape index (κ1) is 16.5. The lowest BCUT2D eigenvalue weighted by molar-refractivity contribution is -0.123. The van der Waals surface area contributed by atoms with Gasteiger partial charge in [-0.05, 0) is 41.1 Å². The normalized spacial score (nSPS) is 22.4. The molecule has 0 unspecified atom stereocenters. The summed E-state index contributed by atoms with van der Waals surface area (Å²) >= 11 is 1.66. The number of nitrogens with one attached hydrogen (secondary N) is 1. The number of carbonyl (C=O) groups excluding carboxylic acids is 1. The fourth-order valence-electron chi connectivity index (χ4n) is 2.98. The van der Waals surface area contributed by atoms with Crippen molar-refractivity contribution in [2.45, 2.75) is 45.2 Å². The molecule has 4 nitrogen and oxygen atoms in total. The quantitative estimate of drug-likeness (QED) is 0.812. The third kappa shape index (κ3) is 5.41. The van der Waals surface area contributed by atoms with E-state index < -0.39 is 0 Å². The molecule has 1 aromatic rings. The smallest absolute Gasteiger partial charge is 0.234 e. The summed E-state index contributed by atoms with van der Waals surface area (Å²) < 4.78 is 0. The summed E-state index contributed by atoms with van der Waals surface area (Å²) in [7, 11) is 0. The molecule has 0 radical (unpaired) electrons. The third-order valence-electron chi connectivity index (χ3n) is 4.23. The summed E-state index contributed by atoms with van der Waals surface area (Å²) in [5, 5.41) is 16.5. The van der Waals surface area contributed by atoms with Gasteiger partial charge in [0.05, 0.1) is 13.2 Å². The van der Waals surface area contributed by atoms with Gasteiger partial charge in [0.25, 0.3) is 0 Å². The van der Waals surface area contributed by atoms with Crippen molar-refractivity contribution in [1.82, 2.24) is 10.2 Å². The Hall–Kier alpha value is -0.910. The summed E-state index contributed by atoms with van der Waals surface area (Å²) in [4.78, 5) is 14.2. The molecule has 118 valence electrons. The molecule has 1 aliphatic carbocycles. The van der Waals surface area contributed by atoms with Crippen LogP contribution in [-0.4, -0.2) is 41.7 Å². The van der Waals surface area contributed by atoms with E-state index in [1.165, 1.54) is 24.8 Å². The SMILES string of the molecule is C[C@@H]1CCCC[C@@H]1NC(=O)CN(CCO)Cc1ccsc1. The molecule has 2 N–H and O–H groups in total. The molecule has 5 heteroatoms. The molecule has 2 atom stereocenters. The number of thiophene rings is 1. The van der Waals surface area contributed by atoms with Crippen molar-refractivity contribution in [2.24, 2.45) is 5.92 Å². The van der Waals surface area contributed by atoms with Gasteiger partial charge in [0.1, 0.15) is 0 Å². The standard InChI is InChI=1S/C16H26N2O2S/c1-13-4-2-3-5-15(13)17-16(20)11-18(7-8-19)10-14-6-9-21-12-14/h6,9,12-13,15,19H,2-5,7-8,10-11H2,1H3,(H,17,20)/t13-,15+/m1/s1. The number of aliphatic hydroxyl groups excluding tert-OH is 1. The van der Waals surface area contributed by atoms with Crippen LogP contribution >= 0.6 is 11.3 Å². The zero-order valence-electron chi connectivity index (χ0n) is 12.8. The Bertz CT molecular complexity index is 422. The first-order valence-electron chi connectivity index (χ1n) is 7.82. The van der Waals surface area contributed by atoms with E-state index in [0.29, 0.717) is 25.0 Å². The predicted molar refractivity (Wildman–Crippen MR) is 86.2 cm³/mol. The number of hydrogen-bond acceptors (Lipinski definition) is 4. The average Bonchev–Trinajstić information content (AvgIpc) is 2.94. The maximum atomic E-state index is 12.2. The lowest BCUT2D eigenvalue weighted by Gasteiger charge is -2.30. The van der Waals surface area contributed by atoms with E-state index >= 15 is 0 Å². The van der Waals surface area contributed by atoms with Crippen LogP contribution in [0.1, 0.15) is 38.2 Å². The van der Waals surface area contributed by atoms with Crippen LogP contribution in [0.4, 0.5) is 0 Å². The predicted octanol–water partition coefficient (Wildman–Crippen LogP) is 2.24. The molecule has 2 rings (SSSR count). The third-order valence-corrected chi connectivity index (χ3v) is 4.96. The number of carbonyl (C=O) groups is 1. The van der Waals surface area contributed by atoms with Gasteiger partial charge in [-0.15, -0.1) is 0 Å². The number of aliphatic hydroxyl groups is 1. The van der Waals surface area contributed by atoms with Crippen LogP contribution in [0, 0.1) is 5.92 Å². The second-order valence-corrected chi connectivity index (χ2v) is 6.78. The van der Waals surface area contributed by atoms with Crippen LogP contribution in [-0.2, 0) is 11.3 Å². The maximum absolute atomic E-state index is 12.2. The molecule has 0 aliphatic heterocycles. The summed E-state index contributed by atoms with van der Waals surface area (Å²) in [6.45, 7) is 3.92. The Morgan fingerprint density at radius 3 is 2.95 bits per heavy atom. The van der Waals surface area contributed by atoms with E-state index in [2.05, 4.69) is 23.7 Å². The van der Waals surface area contributed by atoms with Crippen LogP contribution in [0.3, 0.4) is 0 Å². The van der Waals surface area contributed by atoms with Crippen molar-refractivity contribution in [2.75, 3.05) is 19.7 Å². The molecular formula is C16H26N2O2S. The van der Waals surface area contributed by atoms with Crippen LogP contribution in [0.5, 0.6) is 0 Å². The lowest BCUT2D eigenvalue weighted by atomic mass is 9.86. The van der Waals surface area contributed by atoms with E-state index in [4.69, 9.17) is 0 Å². The van der Waals surface area contributed by atoms with Gasteiger partial charge in [0.2, 0.25) is 5.91 Å². The van der Waals surface area contributed by atoms with E-state index in [1.807, 2.05) is 10.3 Å². The molecule has 1 aliphatic rings. The highest BCUT2D eigenvalue weighted by atomic mass is 32.1. The first-order chi connectivity index (χ1) is 10.2. The van der Waals surface area contributed by atoms with Gasteiger partial charge in [0, 0.05) is 19.1 Å². The van der Waals surface area contributed by atoms with Crippen molar-refractivity contribution in [3.8, 4) is 0 Å². The molecule has 21 heavy (non-hydrogen) atoms. The zero-order valence-corrected chi connectivity index (χ0v) is 13.6. The van der Waals surface area contributed by atoms with Crippen LogP contribution in [0.15, 0.2) is 16.8 Å². The second-order valence-electron chi connectivity index (χ2n) is 6.00. The number of hydrogen-bond donors (Lipinski definition) is 2. The number of rotatable bonds is 7. The molecule has 0 bridgehead atoms. The molecule has 0 spiro atoms. The van der Waals surface area contributed by atoms with Crippen molar-refractivity contribution in [1.29, 1.82) is 0 Å². The monoisotopic (exact) mass is 310 g/mol. The summed E-state index contributed by atoms with van der Waals surface area (Å²) in [6.07, 6.45) is 4.80. The van der Waals surface area contributed by atoms with Gasteiger partial charge in [0.15, 0.2) is 0 Å². The topological polar surface area (TPSA) is 52.6 Å². The van der Waals surface area contributed by atoms with Crippen molar-refractivity contribution in [3.05, 3.63) is 22.4 Å². The minimum Gasteiger partial charge on any atom is -0.395 e.